The molecule has 7 nitrogen and oxygen atoms in total. The topological polar surface area (TPSA) is 69.9 Å². The monoisotopic (exact) mass is 386 g/mol. The van der Waals surface area contributed by atoms with Gasteiger partial charge in [-0.25, -0.2) is 0 Å². The summed E-state index contributed by atoms with van der Waals surface area (Å²) in [5.41, 5.74) is 1.14. The molecule has 27 heavy (non-hydrogen) atoms. The van der Waals surface area contributed by atoms with Gasteiger partial charge in [-0.2, -0.15) is 11.3 Å². The van der Waals surface area contributed by atoms with Crippen molar-refractivity contribution in [1.82, 2.24) is 15.0 Å². The minimum atomic E-state index is -0.214. The number of aromatic nitrogens is 1. The minimum absolute atomic E-state index is 0.0742. The number of amides is 2. The van der Waals surface area contributed by atoms with Crippen molar-refractivity contribution in [2.75, 3.05) is 38.1 Å². The number of likely N-dealkylation sites (N-methyl/N-ethyl adjacent to an activating group) is 1. The Morgan fingerprint density at radius 2 is 2.22 bits per heavy atom. The van der Waals surface area contributed by atoms with E-state index in [1.165, 1.54) is 0 Å². The molecule has 0 aromatic carbocycles. The molecule has 2 aromatic rings. The van der Waals surface area contributed by atoms with E-state index >= 15 is 0 Å². The second-order valence-corrected chi connectivity index (χ2v) is 8.69. The third-order valence-corrected chi connectivity index (χ3v) is 6.77. The second-order valence-electron chi connectivity index (χ2n) is 7.91. The second kappa shape index (κ2) is 6.17. The molecule has 0 radical (unpaired) electrons. The van der Waals surface area contributed by atoms with Crippen LogP contribution in [0.3, 0.4) is 0 Å². The molecule has 0 N–H and O–H groups in total. The van der Waals surface area contributed by atoms with Crippen LogP contribution in [0.25, 0.3) is 0 Å². The molecule has 1 aliphatic carbocycles. The molecule has 142 valence electrons. The molecule has 2 aromatic heterocycles. The van der Waals surface area contributed by atoms with Crippen molar-refractivity contribution in [2.24, 2.45) is 0 Å². The van der Waals surface area contributed by atoms with Crippen LogP contribution < -0.4 is 4.90 Å². The molecule has 1 spiro atoms. The molecule has 2 aliphatic heterocycles. The van der Waals surface area contributed by atoms with Gasteiger partial charge in [-0.1, -0.05) is 5.16 Å². The zero-order chi connectivity index (χ0) is 18.6. The Morgan fingerprint density at radius 3 is 2.96 bits per heavy atom. The molecule has 4 heterocycles. The molecule has 1 atom stereocenters. The van der Waals surface area contributed by atoms with Gasteiger partial charge in [0.05, 0.1) is 17.8 Å². The molecule has 0 bridgehead atoms. The van der Waals surface area contributed by atoms with Gasteiger partial charge in [0.25, 0.3) is 5.91 Å². The summed E-state index contributed by atoms with van der Waals surface area (Å²) in [4.78, 5) is 31.3. The molecule has 8 heteroatoms. The molecule has 3 aliphatic rings. The van der Waals surface area contributed by atoms with Crippen LogP contribution in [0.4, 0.5) is 5.69 Å². The Bertz CT molecular complexity index is 875. The van der Waals surface area contributed by atoms with Crippen LogP contribution in [0.2, 0.25) is 0 Å². The Hall–Kier alpha value is -2.19. The van der Waals surface area contributed by atoms with Gasteiger partial charge in [-0.05, 0) is 37.8 Å². The lowest BCUT2D eigenvalue weighted by Gasteiger charge is -2.46. The highest BCUT2D eigenvalue weighted by Gasteiger charge is 2.49. The number of rotatable bonds is 3. The fourth-order valence-corrected chi connectivity index (χ4v) is 4.83. The van der Waals surface area contributed by atoms with Crippen LogP contribution in [-0.2, 0) is 4.79 Å². The van der Waals surface area contributed by atoms with Gasteiger partial charge < -0.3 is 14.3 Å². The van der Waals surface area contributed by atoms with Crippen molar-refractivity contribution in [2.45, 2.75) is 30.7 Å². The van der Waals surface area contributed by atoms with E-state index in [0.29, 0.717) is 37.8 Å². The van der Waals surface area contributed by atoms with E-state index in [1.54, 1.807) is 17.4 Å². The predicted octanol–water partition coefficient (Wildman–Crippen LogP) is 2.18. The summed E-state index contributed by atoms with van der Waals surface area (Å²) in [6.45, 7) is 2.24. The summed E-state index contributed by atoms with van der Waals surface area (Å²) >= 11 is 1.59. The fraction of sp³-hybridized carbons (Fsp3) is 0.526. The highest BCUT2D eigenvalue weighted by atomic mass is 32.1. The van der Waals surface area contributed by atoms with Crippen molar-refractivity contribution in [3.8, 4) is 0 Å². The molecule has 1 saturated carbocycles. The number of carbonyl (C=O) groups excluding carboxylic acids is 2. The summed E-state index contributed by atoms with van der Waals surface area (Å²) in [7, 11) is 1.98. The summed E-state index contributed by atoms with van der Waals surface area (Å²) in [5, 5.41) is 7.99. The first-order valence-corrected chi connectivity index (χ1v) is 10.3. The smallest absolute Gasteiger partial charge is 0.276 e. The van der Waals surface area contributed by atoms with E-state index in [2.05, 4.69) is 10.1 Å². The van der Waals surface area contributed by atoms with Crippen molar-refractivity contribution >= 4 is 28.8 Å². The summed E-state index contributed by atoms with van der Waals surface area (Å²) < 4.78 is 5.35. The Kier molecular flexibility index (Phi) is 3.87. The zero-order valence-corrected chi connectivity index (χ0v) is 16.1. The molecule has 2 amide bonds. The highest BCUT2D eigenvalue weighted by Crippen LogP contribution is 2.40. The lowest BCUT2D eigenvalue weighted by atomic mass is 9.93. The lowest BCUT2D eigenvalue weighted by molar-refractivity contribution is -0.123. The Balaban J connectivity index is 1.34. The van der Waals surface area contributed by atoms with Gasteiger partial charge in [0.2, 0.25) is 5.91 Å². The zero-order valence-electron chi connectivity index (χ0n) is 15.3. The highest BCUT2D eigenvalue weighted by molar-refractivity contribution is 7.08. The maximum atomic E-state index is 12.9. The number of anilines is 1. The molecular formula is C19H22N4O3S. The molecule has 3 fully saturated rings. The number of likely N-dealkylation sites (tertiary alicyclic amines) is 1. The van der Waals surface area contributed by atoms with Crippen LogP contribution in [0.5, 0.6) is 0 Å². The van der Waals surface area contributed by atoms with E-state index in [1.807, 2.05) is 33.7 Å². The van der Waals surface area contributed by atoms with E-state index in [-0.39, 0.29) is 17.4 Å². The Labute approximate surface area is 161 Å². The summed E-state index contributed by atoms with van der Waals surface area (Å²) in [6, 6.07) is 3.78. The number of carbonyl (C=O) groups is 2. The van der Waals surface area contributed by atoms with E-state index < -0.39 is 0 Å². The van der Waals surface area contributed by atoms with E-state index in [0.717, 1.165) is 30.7 Å². The largest absolute Gasteiger partial charge is 0.360 e. The number of thiophene rings is 1. The average molecular weight is 386 g/mol. The van der Waals surface area contributed by atoms with Gasteiger partial charge in [-0.15, -0.1) is 0 Å². The molecular weight excluding hydrogens is 364 g/mol. The first-order chi connectivity index (χ1) is 13.1. The quantitative estimate of drug-likeness (QED) is 0.809. The minimum Gasteiger partial charge on any atom is -0.360 e. The number of hydrogen-bond donors (Lipinski definition) is 0. The number of piperazine rings is 1. The van der Waals surface area contributed by atoms with E-state index in [9.17, 15) is 9.59 Å². The molecule has 5 rings (SSSR count). The first kappa shape index (κ1) is 16.9. The van der Waals surface area contributed by atoms with Gasteiger partial charge in [0.15, 0.2) is 5.69 Å². The van der Waals surface area contributed by atoms with Gasteiger partial charge in [0.1, 0.15) is 5.76 Å². The third kappa shape index (κ3) is 2.87. The van der Waals surface area contributed by atoms with Crippen molar-refractivity contribution < 1.29 is 14.1 Å². The maximum Gasteiger partial charge on any atom is 0.276 e. The SMILES string of the molecule is CN1CC(=O)N(c2ccsc2)CC12CCN(C(=O)c1cc(C3CC3)on1)C2. The van der Waals surface area contributed by atoms with Crippen LogP contribution in [-0.4, -0.2) is 65.5 Å². The van der Waals surface area contributed by atoms with Crippen LogP contribution in [0, 0.1) is 0 Å². The normalized spacial score (nSPS) is 26.3. The van der Waals surface area contributed by atoms with Crippen LogP contribution >= 0.6 is 11.3 Å². The summed E-state index contributed by atoms with van der Waals surface area (Å²) in [6.07, 6.45) is 3.08. The van der Waals surface area contributed by atoms with Gasteiger partial charge >= 0.3 is 0 Å². The lowest BCUT2D eigenvalue weighted by Crippen LogP contribution is -2.64. The van der Waals surface area contributed by atoms with Crippen LogP contribution in [0.15, 0.2) is 27.4 Å². The van der Waals surface area contributed by atoms with Crippen molar-refractivity contribution in [1.29, 1.82) is 0 Å². The van der Waals surface area contributed by atoms with Gasteiger partial charge in [-0.3, -0.25) is 14.5 Å². The molecule has 2 saturated heterocycles. The average Bonchev–Trinajstić information content (AvgIpc) is 3.09. The van der Waals surface area contributed by atoms with E-state index in [4.69, 9.17) is 4.52 Å². The predicted molar refractivity (Wildman–Crippen MR) is 101 cm³/mol. The van der Waals surface area contributed by atoms with Gasteiger partial charge in [0, 0.05) is 37.0 Å². The van der Waals surface area contributed by atoms with Crippen molar-refractivity contribution in [3.63, 3.8) is 0 Å². The third-order valence-electron chi connectivity index (χ3n) is 6.10. The fourth-order valence-electron chi connectivity index (χ4n) is 4.19. The van der Waals surface area contributed by atoms with Crippen LogP contribution in [0.1, 0.15) is 41.4 Å². The maximum absolute atomic E-state index is 12.9. The number of nitrogens with zero attached hydrogens (tertiary/aromatic N) is 4. The van der Waals surface area contributed by atoms with Crippen molar-refractivity contribution in [3.05, 3.63) is 34.3 Å². The summed E-state index contributed by atoms with van der Waals surface area (Å²) in [5.74, 6) is 1.31. The Morgan fingerprint density at radius 1 is 1.37 bits per heavy atom. The molecule has 1 unspecified atom stereocenters. The number of hydrogen-bond acceptors (Lipinski definition) is 6. The first-order valence-electron chi connectivity index (χ1n) is 9.35. The standard InChI is InChI=1S/C19H22N4O3S/c1-21-9-17(24)23(14-4-7-27-10-14)12-19(21)5-6-22(11-19)18(25)15-8-16(26-20-15)13-2-3-13/h4,7-8,10,13H,2-3,5-6,9,11-12H2,1H3.